The first-order valence-electron chi connectivity index (χ1n) is 10.4. The summed E-state index contributed by atoms with van der Waals surface area (Å²) in [6.07, 6.45) is 1.53. The van der Waals surface area contributed by atoms with Gasteiger partial charge in [-0.05, 0) is 55.3 Å². The van der Waals surface area contributed by atoms with Gasteiger partial charge in [0, 0.05) is 50.2 Å². The monoisotopic (exact) mass is 417 g/mol. The molecule has 1 aliphatic heterocycles. The van der Waals surface area contributed by atoms with Gasteiger partial charge in [0.2, 0.25) is 17.8 Å². The summed E-state index contributed by atoms with van der Waals surface area (Å²) >= 11 is 0. The van der Waals surface area contributed by atoms with Crippen molar-refractivity contribution >= 4 is 34.9 Å². The Bertz CT molecular complexity index is 1080. The molecule has 0 spiro atoms. The summed E-state index contributed by atoms with van der Waals surface area (Å²) < 4.78 is 0. The molecule has 1 amide bonds. The van der Waals surface area contributed by atoms with Crippen LogP contribution in [0.15, 0.2) is 48.8 Å². The van der Waals surface area contributed by atoms with Gasteiger partial charge in [0.15, 0.2) is 0 Å². The minimum absolute atomic E-state index is 0.112. The maximum Gasteiger partial charge on any atom is 0.231 e. The van der Waals surface area contributed by atoms with E-state index in [0.29, 0.717) is 17.6 Å². The van der Waals surface area contributed by atoms with Crippen LogP contribution < -0.4 is 20.4 Å². The van der Waals surface area contributed by atoms with E-state index < -0.39 is 0 Å². The summed E-state index contributed by atoms with van der Waals surface area (Å²) in [6.45, 7) is 9.28. The number of hydrogen-bond acceptors (Lipinski definition) is 7. The topological polar surface area (TPSA) is 86.3 Å². The highest BCUT2D eigenvalue weighted by molar-refractivity contribution is 5.89. The molecule has 31 heavy (non-hydrogen) atoms. The summed E-state index contributed by atoms with van der Waals surface area (Å²) in [5.41, 5.74) is 5.41. The van der Waals surface area contributed by atoms with Crippen molar-refractivity contribution in [3.8, 4) is 0 Å². The lowest BCUT2D eigenvalue weighted by atomic mass is 10.1. The quantitative estimate of drug-likeness (QED) is 0.657. The number of piperazine rings is 1. The van der Waals surface area contributed by atoms with E-state index in [1.165, 1.54) is 30.1 Å². The van der Waals surface area contributed by atoms with Crippen molar-refractivity contribution in [1.29, 1.82) is 0 Å². The van der Waals surface area contributed by atoms with Crippen LogP contribution in [-0.4, -0.2) is 47.0 Å². The number of rotatable bonds is 5. The number of aryl methyl sites for hydroxylation is 2. The third-order valence-corrected chi connectivity index (χ3v) is 5.42. The Labute approximate surface area is 182 Å². The molecule has 2 aromatic carbocycles. The molecule has 1 aromatic heterocycles. The van der Waals surface area contributed by atoms with Gasteiger partial charge >= 0.3 is 0 Å². The van der Waals surface area contributed by atoms with Crippen molar-refractivity contribution in [3.05, 3.63) is 59.9 Å². The minimum Gasteiger partial charge on any atom is -0.368 e. The second kappa shape index (κ2) is 8.99. The fourth-order valence-corrected chi connectivity index (χ4v) is 3.59. The van der Waals surface area contributed by atoms with E-state index in [9.17, 15) is 4.79 Å². The number of carbonyl (C=O) groups excluding carboxylic acids is 1. The summed E-state index contributed by atoms with van der Waals surface area (Å²) in [4.78, 5) is 29.1. The molecular formula is C23H27N7O. The van der Waals surface area contributed by atoms with Gasteiger partial charge in [-0.3, -0.25) is 4.79 Å². The SMILES string of the molecule is CC(=O)Nc1cccc(Nc2ncnc(N3CCN(c4ccc(C)c(C)c4)CC3)n2)c1. The van der Waals surface area contributed by atoms with E-state index in [4.69, 9.17) is 0 Å². The highest BCUT2D eigenvalue weighted by Gasteiger charge is 2.20. The van der Waals surface area contributed by atoms with Gasteiger partial charge in [0.25, 0.3) is 0 Å². The third-order valence-electron chi connectivity index (χ3n) is 5.42. The lowest BCUT2D eigenvalue weighted by molar-refractivity contribution is -0.114. The second-order valence-corrected chi connectivity index (χ2v) is 7.74. The standard InChI is InChI=1S/C23H27N7O/c1-16-7-8-21(13-17(16)2)29-9-11-30(12-10-29)23-25-15-24-22(28-23)27-20-6-4-5-19(14-20)26-18(3)31/h4-8,13-15H,9-12H2,1-3H3,(H,26,31)(H,24,25,27,28). The molecule has 8 nitrogen and oxygen atoms in total. The van der Waals surface area contributed by atoms with Crippen LogP contribution in [0.1, 0.15) is 18.1 Å². The normalized spacial score (nSPS) is 13.8. The van der Waals surface area contributed by atoms with E-state index in [1.807, 2.05) is 24.3 Å². The minimum atomic E-state index is -0.112. The average Bonchev–Trinajstić information content (AvgIpc) is 2.76. The molecule has 4 rings (SSSR count). The van der Waals surface area contributed by atoms with Crippen molar-refractivity contribution in [2.75, 3.05) is 46.6 Å². The first kappa shape index (κ1) is 20.6. The molecular weight excluding hydrogens is 390 g/mol. The molecule has 8 heteroatoms. The molecule has 0 saturated carbocycles. The molecule has 1 saturated heterocycles. The predicted molar refractivity (Wildman–Crippen MR) is 124 cm³/mol. The number of anilines is 5. The number of carbonyl (C=O) groups is 1. The first-order chi connectivity index (χ1) is 15.0. The molecule has 1 fully saturated rings. The molecule has 3 aromatic rings. The number of aromatic nitrogens is 3. The van der Waals surface area contributed by atoms with Crippen molar-refractivity contribution in [2.45, 2.75) is 20.8 Å². The van der Waals surface area contributed by atoms with Gasteiger partial charge < -0.3 is 20.4 Å². The van der Waals surface area contributed by atoms with Crippen LogP contribution in [0.3, 0.4) is 0 Å². The predicted octanol–water partition coefficient (Wildman–Crippen LogP) is 3.52. The van der Waals surface area contributed by atoms with Gasteiger partial charge in [-0.15, -0.1) is 0 Å². The van der Waals surface area contributed by atoms with Crippen molar-refractivity contribution in [1.82, 2.24) is 15.0 Å². The number of nitrogens with one attached hydrogen (secondary N) is 2. The first-order valence-corrected chi connectivity index (χ1v) is 10.4. The lowest BCUT2D eigenvalue weighted by Gasteiger charge is -2.36. The molecule has 2 heterocycles. The van der Waals surface area contributed by atoms with E-state index >= 15 is 0 Å². The largest absolute Gasteiger partial charge is 0.368 e. The Hall–Kier alpha value is -3.68. The summed E-state index contributed by atoms with van der Waals surface area (Å²) in [5, 5.41) is 5.97. The summed E-state index contributed by atoms with van der Waals surface area (Å²) in [6, 6.07) is 14.1. The Kier molecular flexibility index (Phi) is 5.97. The van der Waals surface area contributed by atoms with Gasteiger partial charge in [-0.1, -0.05) is 12.1 Å². The van der Waals surface area contributed by atoms with Crippen LogP contribution in [0.5, 0.6) is 0 Å². The zero-order valence-electron chi connectivity index (χ0n) is 18.1. The maximum absolute atomic E-state index is 11.3. The molecule has 0 unspecified atom stereocenters. The van der Waals surface area contributed by atoms with Gasteiger partial charge in [-0.25, -0.2) is 9.97 Å². The lowest BCUT2D eigenvalue weighted by Crippen LogP contribution is -2.47. The van der Waals surface area contributed by atoms with Crippen molar-refractivity contribution in [2.24, 2.45) is 0 Å². The smallest absolute Gasteiger partial charge is 0.231 e. The fourth-order valence-electron chi connectivity index (χ4n) is 3.59. The molecule has 0 atom stereocenters. The fraction of sp³-hybridized carbons (Fsp3) is 0.304. The van der Waals surface area contributed by atoms with Crippen LogP contribution in [0.25, 0.3) is 0 Å². The molecule has 1 aliphatic rings. The van der Waals surface area contributed by atoms with Gasteiger partial charge in [0.05, 0.1) is 0 Å². The van der Waals surface area contributed by atoms with Crippen LogP contribution in [0.2, 0.25) is 0 Å². The van der Waals surface area contributed by atoms with Crippen LogP contribution in [0.4, 0.5) is 29.0 Å². The Morgan fingerprint density at radius 3 is 2.39 bits per heavy atom. The molecule has 160 valence electrons. The van der Waals surface area contributed by atoms with E-state index in [-0.39, 0.29) is 5.91 Å². The molecule has 0 radical (unpaired) electrons. The Balaban J connectivity index is 1.41. The van der Waals surface area contributed by atoms with Crippen LogP contribution in [-0.2, 0) is 4.79 Å². The number of nitrogens with zero attached hydrogens (tertiary/aromatic N) is 5. The second-order valence-electron chi connectivity index (χ2n) is 7.74. The molecule has 2 N–H and O–H groups in total. The highest BCUT2D eigenvalue weighted by Crippen LogP contribution is 2.22. The average molecular weight is 418 g/mol. The Morgan fingerprint density at radius 1 is 0.903 bits per heavy atom. The number of amides is 1. The maximum atomic E-state index is 11.3. The Morgan fingerprint density at radius 2 is 1.65 bits per heavy atom. The molecule has 0 bridgehead atoms. The summed E-state index contributed by atoms with van der Waals surface area (Å²) in [5.74, 6) is 1.02. The zero-order valence-corrected chi connectivity index (χ0v) is 18.1. The highest BCUT2D eigenvalue weighted by atomic mass is 16.1. The van der Waals surface area contributed by atoms with E-state index in [1.54, 1.807) is 0 Å². The van der Waals surface area contributed by atoms with E-state index in [2.05, 4.69) is 67.4 Å². The van der Waals surface area contributed by atoms with Gasteiger partial charge in [0.1, 0.15) is 6.33 Å². The van der Waals surface area contributed by atoms with Crippen molar-refractivity contribution < 1.29 is 4.79 Å². The van der Waals surface area contributed by atoms with E-state index in [0.717, 1.165) is 31.9 Å². The number of hydrogen-bond donors (Lipinski definition) is 2. The zero-order chi connectivity index (χ0) is 21.8. The summed E-state index contributed by atoms with van der Waals surface area (Å²) in [7, 11) is 0. The van der Waals surface area contributed by atoms with Crippen molar-refractivity contribution in [3.63, 3.8) is 0 Å². The van der Waals surface area contributed by atoms with Crippen LogP contribution in [0, 0.1) is 13.8 Å². The van der Waals surface area contributed by atoms with Gasteiger partial charge in [-0.2, -0.15) is 4.98 Å². The van der Waals surface area contributed by atoms with Crippen LogP contribution >= 0.6 is 0 Å². The number of benzene rings is 2. The molecule has 0 aliphatic carbocycles. The third kappa shape index (κ3) is 5.09.